The molecular weight excluding hydrogens is 895 g/mol. The molecule has 1 saturated heterocycles. The predicted octanol–water partition coefficient (Wildman–Crippen LogP) is 16.4. The molecule has 1 rings (SSSR count). The van der Waals surface area contributed by atoms with Crippen molar-refractivity contribution in [3.05, 3.63) is 0 Å². The molecule has 0 aromatic rings. The molecule has 5 atom stereocenters. The Morgan fingerprint density at radius 3 is 1.48 bits per heavy atom. The maximum atomic E-state index is 14.5. The van der Waals surface area contributed by atoms with Crippen molar-refractivity contribution >= 4 is 28.3 Å². The van der Waals surface area contributed by atoms with Gasteiger partial charge in [-0.1, -0.05) is 247 Å². The number of amides is 1. The maximum absolute atomic E-state index is 14.5. The highest BCUT2D eigenvalue weighted by Gasteiger charge is 2.45. The number of aliphatic hydroxyl groups is 1. The highest BCUT2D eigenvalue weighted by molar-refractivity contribution is 6.76. The van der Waals surface area contributed by atoms with E-state index in [2.05, 4.69) is 79.6 Å². The zero-order valence-corrected chi connectivity index (χ0v) is 49.6. The van der Waals surface area contributed by atoms with Gasteiger partial charge in [-0.05, 0) is 43.4 Å². The molecule has 0 radical (unpaired) electrons. The number of rotatable bonds is 46. The fourth-order valence-corrected chi connectivity index (χ4v) is 10.9. The minimum atomic E-state index is -2.17. The molecule has 1 heterocycles. The number of hydrogen-bond donors (Lipinski definition) is 2. The summed E-state index contributed by atoms with van der Waals surface area (Å²) in [5.74, 6) is -0.683. The summed E-state index contributed by atoms with van der Waals surface area (Å²) < 4.78 is 31.6. The van der Waals surface area contributed by atoms with Crippen LogP contribution in [0.1, 0.15) is 253 Å². The third-order valence-corrected chi connectivity index (χ3v) is 21.4. The summed E-state index contributed by atoms with van der Waals surface area (Å²) in [5, 5.41) is 15.2. The molecule has 1 aliphatic rings. The Morgan fingerprint density at radius 2 is 1.06 bits per heavy atom. The van der Waals surface area contributed by atoms with Gasteiger partial charge in [0.1, 0.15) is 19.0 Å². The fraction of sp³-hybridized carbons (Fsp3) is 0.966. The van der Waals surface area contributed by atoms with E-state index in [0.29, 0.717) is 6.61 Å². The average molecular weight is 1010 g/mol. The normalized spacial score (nSPS) is 18.5. The summed E-state index contributed by atoms with van der Waals surface area (Å²) in [6.07, 6.45) is 35.5. The Labute approximate surface area is 430 Å². The van der Waals surface area contributed by atoms with Gasteiger partial charge in [0.25, 0.3) is 0 Å². The van der Waals surface area contributed by atoms with Gasteiger partial charge < -0.3 is 33.8 Å². The van der Waals surface area contributed by atoms with E-state index in [4.69, 9.17) is 23.4 Å². The van der Waals surface area contributed by atoms with Crippen LogP contribution in [-0.4, -0.2) is 90.4 Å². The molecule has 0 unspecified atom stereocenters. The van der Waals surface area contributed by atoms with E-state index in [1.807, 2.05) is 0 Å². The van der Waals surface area contributed by atoms with Crippen LogP contribution in [0.4, 0.5) is 0 Å². The van der Waals surface area contributed by atoms with Crippen molar-refractivity contribution in [2.75, 3.05) is 26.6 Å². The number of unbranched alkanes of at least 4 members (excludes halogenated alkanes) is 26. The molecule has 11 heteroatoms. The summed E-state index contributed by atoms with van der Waals surface area (Å²) in [4.78, 5) is 28.5. The van der Waals surface area contributed by atoms with Gasteiger partial charge in [0.15, 0.2) is 14.4 Å². The van der Waals surface area contributed by atoms with Crippen LogP contribution in [0.2, 0.25) is 43.8 Å². The topological polar surface area (TPSA) is 113 Å². The predicted molar refractivity (Wildman–Crippen MR) is 297 cm³/mol. The van der Waals surface area contributed by atoms with E-state index in [1.165, 1.54) is 148 Å². The third kappa shape index (κ3) is 34.3. The number of carbonyl (C=O) groups excluding carboxylic acids is 2. The Hall–Kier alpha value is -0.826. The monoisotopic (exact) mass is 1010 g/mol. The van der Waals surface area contributed by atoms with Crippen LogP contribution in [0.3, 0.4) is 0 Å². The molecule has 410 valence electrons. The second kappa shape index (κ2) is 40.5. The second-order valence-electron chi connectivity index (χ2n) is 24.1. The van der Waals surface area contributed by atoms with Gasteiger partial charge in [-0.15, -0.1) is 0 Å². The molecule has 2 N–H and O–H groups in total. The number of carbonyl (C=O) groups is 2. The van der Waals surface area contributed by atoms with E-state index in [9.17, 15) is 14.7 Å². The van der Waals surface area contributed by atoms with Crippen molar-refractivity contribution in [1.29, 1.82) is 0 Å². The molecule has 0 aromatic carbocycles. The molecule has 0 bridgehead atoms. The van der Waals surface area contributed by atoms with Gasteiger partial charge in [-0.25, -0.2) is 0 Å². The second-order valence-corrected chi connectivity index (χ2v) is 34.5. The quantitative estimate of drug-likeness (QED) is 0.0268. The minimum absolute atomic E-state index is 0.0162. The van der Waals surface area contributed by atoms with E-state index in [0.717, 1.165) is 63.8 Å². The number of aliphatic hydroxyl groups excluding tert-OH is 1. The lowest BCUT2D eigenvalue weighted by Crippen LogP contribution is -2.62. The van der Waals surface area contributed by atoms with Gasteiger partial charge >= 0.3 is 5.97 Å². The van der Waals surface area contributed by atoms with Crippen LogP contribution in [0.25, 0.3) is 0 Å². The first-order valence-corrected chi connectivity index (χ1v) is 36.2. The molecule has 0 saturated carbocycles. The van der Waals surface area contributed by atoms with Crippen LogP contribution in [-0.2, 0) is 33.0 Å². The van der Waals surface area contributed by atoms with Crippen LogP contribution < -0.4 is 5.32 Å². The van der Waals surface area contributed by atoms with Crippen LogP contribution >= 0.6 is 0 Å². The molecule has 0 aliphatic carbocycles. The van der Waals surface area contributed by atoms with Gasteiger partial charge in [-0.3, -0.25) is 9.59 Å². The largest absolute Gasteiger partial charge is 0.457 e. The van der Waals surface area contributed by atoms with Gasteiger partial charge in [0, 0.05) is 14.7 Å². The molecule has 9 nitrogen and oxygen atoms in total. The SMILES string of the molecule is CCCCCCCCCCCCC(CCCCCCCCCCCC)C(=O)O[C@H]1[C@H](O)[C@@H](CO[Si](C)(C)C(C)(C)C)OC[C@@H]1NC(=O)C[C@@H](CCCCCCCCCCC)OCOCC[Si](C)(C)C. The standard InChI is InChI=1S/C58H117NO8Si2/c1-12-15-18-21-24-27-30-32-35-38-41-50(42-39-36-33-31-28-25-22-19-16-13-2)57(62)67-56-52(47-64-53(55(56)61)48-66-69(10,11)58(4,5)6)59-54(60)46-51(65-49-63-44-45-68(7,8)9)43-40-37-34-29-26-23-20-17-14-3/h50-53,55-56,61H,12-49H2,1-11H3,(H,59,60)/t51-,52+,53-,55-,56-/m1/s1. The first-order valence-electron chi connectivity index (χ1n) is 29.6. The van der Waals surface area contributed by atoms with Crippen LogP contribution in [0.5, 0.6) is 0 Å². The Bertz CT molecular complexity index is 1200. The summed E-state index contributed by atoms with van der Waals surface area (Å²) in [5.41, 5.74) is 0. The van der Waals surface area contributed by atoms with Crippen molar-refractivity contribution in [2.24, 2.45) is 5.92 Å². The zero-order chi connectivity index (χ0) is 51.2. The highest BCUT2D eigenvalue weighted by Crippen LogP contribution is 2.37. The molecule has 0 spiro atoms. The molecule has 1 amide bonds. The number of nitrogens with one attached hydrogen (secondary N) is 1. The fourth-order valence-electron chi connectivity index (χ4n) is 9.15. The summed E-state index contributed by atoms with van der Waals surface area (Å²) >= 11 is 0. The van der Waals surface area contributed by atoms with E-state index < -0.39 is 40.7 Å². The smallest absolute Gasteiger partial charge is 0.309 e. The molecule has 1 aliphatic heterocycles. The zero-order valence-electron chi connectivity index (χ0n) is 47.6. The Kier molecular flexibility index (Phi) is 38.9. The van der Waals surface area contributed by atoms with Gasteiger partial charge in [0.05, 0.1) is 37.7 Å². The molecule has 0 aromatic heterocycles. The highest BCUT2D eigenvalue weighted by atomic mass is 28.4. The number of esters is 1. The van der Waals surface area contributed by atoms with Crippen molar-refractivity contribution in [1.82, 2.24) is 5.32 Å². The summed E-state index contributed by atoms with van der Waals surface area (Å²) in [6, 6.07) is 0.364. The minimum Gasteiger partial charge on any atom is -0.457 e. The maximum Gasteiger partial charge on any atom is 0.309 e. The van der Waals surface area contributed by atoms with E-state index >= 15 is 0 Å². The van der Waals surface area contributed by atoms with Gasteiger partial charge in [-0.2, -0.15) is 0 Å². The Balaban J connectivity index is 3.15. The van der Waals surface area contributed by atoms with Gasteiger partial charge in [0.2, 0.25) is 5.91 Å². The summed E-state index contributed by atoms with van der Waals surface area (Å²) in [6.45, 7) is 26.0. The number of ether oxygens (including phenoxy) is 4. The Morgan fingerprint density at radius 1 is 0.638 bits per heavy atom. The van der Waals surface area contributed by atoms with Crippen LogP contribution in [0, 0.1) is 5.92 Å². The first-order chi connectivity index (χ1) is 33.0. The van der Waals surface area contributed by atoms with Crippen molar-refractivity contribution in [2.45, 2.75) is 328 Å². The lowest BCUT2D eigenvalue weighted by atomic mass is 9.93. The van der Waals surface area contributed by atoms with E-state index in [-0.39, 0.29) is 55.4 Å². The van der Waals surface area contributed by atoms with Crippen molar-refractivity contribution in [3.8, 4) is 0 Å². The molecular formula is C58H117NO8Si2. The average Bonchev–Trinajstić information content (AvgIpc) is 3.28. The lowest BCUT2D eigenvalue weighted by molar-refractivity contribution is -0.194. The lowest BCUT2D eigenvalue weighted by Gasteiger charge is -2.42. The van der Waals surface area contributed by atoms with Crippen molar-refractivity contribution < 1.29 is 38.1 Å². The van der Waals surface area contributed by atoms with Crippen LogP contribution in [0.15, 0.2) is 0 Å². The molecule has 69 heavy (non-hydrogen) atoms. The number of hydrogen-bond acceptors (Lipinski definition) is 8. The molecule has 1 fully saturated rings. The summed E-state index contributed by atoms with van der Waals surface area (Å²) in [7, 11) is -3.41. The third-order valence-electron chi connectivity index (χ3n) is 15.2. The van der Waals surface area contributed by atoms with Crippen molar-refractivity contribution in [3.63, 3.8) is 0 Å². The first kappa shape index (κ1) is 66.2. The van der Waals surface area contributed by atoms with E-state index in [1.54, 1.807) is 0 Å².